The summed E-state index contributed by atoms with van der Waals surface area (Å²) in [5, 5.41) is 4.32. The van der Waals surface area contributed by atoms with Crippen LogP contribution in [-0.4, -0.2) is 65.3 Å². The zero-order valence-corrected chi connectivity index (χ0v) is 13.4. The van der Waals surface area contributed by atoms with Gasteiger partial charge in [-0.2, -0.15) is 5.10 Å². The van der Waals surface area contributed by atoms with Crippen LogP contribution in [-0.2, 0) is 6.54 Å². The molecule has 1 amide bonds. The largest absolute Gasteiger partial charge is 0.338 e. The van der Waals surface area contributed by atoms with E-state index in [0.29, 0.717) is 12.6 Å². The number of carbonyl (C=O) groups is 1. The van der Waals surface area contributed by atoms with E-state index in [4.69, 9.17) is 5.73 Å². The summed E-state index contributed by atoms with van der Waals surface area (Å²) in [7, 11) is 4.21. The first-order valence-electron chi connectivity index (χ1n) is 7.72. The summed E-state index contributed by atoms with van der Waals surface area (Å²) in [6.07, 6.45) is 4.66. The third-order valence-electron chi connectivity index (χ3n) is 4.39. The molecule has 0 aliphatic carbocycles. The number of aryl methyl sites for hydroxylation is 1. The predicted octanol–water partition coefficient (Wildman–Crippen LogP) is 0.707. The van der Waals surface area contributed by atoms with Gasteiger partial charge in [-0.25, -0.2) is 0 Å². The molecule has 1 aliphatic rings. The van der Waals surface area contributed by atoms with Crippen LogP contribution in [0.4, 0.5) is 0 Å². The monoisotopic (exact) mass is 293 g/mol. The molecule has 0 radical (unpaired) electrons. The van der Waals surface area contributed by atoms with Crippen molar-refractivity contribution in [2.45, 2.75) is 38.8 Å². The van der Waals surface area contributed by atoms with Gasteiger partial charge in [0.2, 0.25) is 0 Å². The number of piperidine rings is 1. The van der Waals surface area contributed by atoms with Crippen LogP contribution < -0.4 is 5.73 Å². The number of rotatable bonds is 5. The van der Waals surface area contributed by atoms with Crippen molar-refractivity contribution < 1.29 is 4.79 Å². The highest BCUT2D eigenvalue weighted by Gasteiger charge is 2.26. The Morgan fingerprint density at radius 2 is 2.10 bits per heavy atom. The number of carbonyl (C=O) groups excluding carboxylic acids is 1. The Kier molecular flexibility index (Phi) is 5.36. The van der Waals surface area contributed by atoms with Gasteiger partial charge in [-0.3, -0.25) is 9.48 Å². The van der Waals surface area contributed by atoms with Gasteiger partial charge in [-0.1, -0.05) is 0 Å². The zero-order chi connectivity index (χ0) is 15.4. The van der Waals surface area contributed by atoms with Gasteiger partial charge in [0.25, 0.3) is 5.91 Å². The zero-order valence-electron chi connectivity index (χ0n) is 13.4. The second-order valence-electron chi connectivity index (χ2n) is 6.00. The van der Waals surface area contributed by atoms with Crippen LogP contribution in [0, 0.1) is 6.92 Å². The fourth-order valence-electron chi connectivity index (χ4n) is 2.88. The summed E-state index contributed by atoms with van der Waals surface area (Å²) in [5.74, 6) is 0.115. The SMILES string of the molecule is Cc1c(C(=O)N2CCC(N(C)C)CC2)cnn1CCCN. The van der Waals surface area contributed by atoms with Crippen molar-refractivity contribution in [1.82, 2.24) is 19.6 Å². The highest BCUT2D eigenvalue weighted by atomic mass is 16.2. The Morgan fingerprint density at radius 3 is 2.67 bits per heavy atom. The van der Waals surface area contributed by atoms with Gasteiger partial charge in [-0.15, -0.1) is 0 Å². The van der Waals surface area contributed by atoms with E-state index in [0.717, 1.165) is 50.2 Å². The molecule has 1 aromatic rings. The van der Waals surface area contributed by atoms with E-state index in [9.17, 15) is 4.79 Å². The number of nitrogens with zero attached hydrogens (tertiary/aromatic N) is 4. The molecule has 0 bridgehead atoms. The molecule has 1 fully saturated rings. The lowest BCUT2D eigenvalue weighted by Crippen LogP contribution is -2.44. The topological polar surface area (TPSA) is 67.4 Å². The predicted molar refractivity (Wildman–Crippen MR) is 83.2 cm³/mol. The molecule has 1 aromatic heterocycles. The Hall–Kier alpha value is -1.40. The fraction of sp³-hybridized carbons (Fsp3) is 0.733. The van der Waals surface area contributed by atoms with Crippen LogP contribution in [0.5, 0.6) is 0 Å². The standard InChI is InChI=1S/C15H27N5O/c1-12-14(11-17-20(12)8-4-7-16)15(21)19-9-5-13(6-10-19)18(2)3/h11,13H,4-10,16H2,1-3H3. The minimum absolute atomic E-state index is 0.115. The molecule has 0 unspecified atom stereocenters. The highest BCUT2D eigenvalue weighted by Crippen LogP contribution is 2.18. The van der Waals surface area contributed by atoms with Crippen LogP contribution in [0.2, 0.25) is 0 Å². The lowest BCUT2D eigenvalue weighted by atomic mass is 10.0. The summed E-state index contributed by atoms with van der Waals surface area (Å²) in [4.78, 5) is 16.8. The number of nitrogens with two attached hydrogens (primary N) is 1. The van der Waals surface area contributed by atoms with E-state index in [2.05, 4.69) is 24.1 Å². The first-order chi connectivity index (χ1) is 10.0. The van der Waals surface area contributed by atoms with E-state index in [-0.39, 0.29) is 5.91 Å². The molecule has 2 N–H and O–H groups in total. The Balaban J connectivity index is 1.99. The van der Waals surface area contributed by atoms with Crippen molar-refractivity contribution in [1.29, 1.82) is 0 Å². The molecule has 21 heavy (non-hydrogen) atoms. The minimum atomic E-state index is 0.115. The Labute approximate surface area is 126 Å². The minimum Gasteiger partial charge on any atom is -0.338 e. The van der Waals surface area contributed by atoms with E-state index in [1.165, 1.54) is 0 Å². The maximum atomic E-state index is 12.6. The molecule has 0 aromatic carbocycles. The van der Waals surface area contributed by atoms with Crippen LogP contribution in [0.15, 0.2) is 6.20 Å². The van der Waals surface area contributed by atoms with Gasteiger partial charge in [0.15, 0.2) is 0 Å². The molecule has 2 heterocycles. The third-order valence-corrected chi connectivity index (χ3v) is 4.39. The molecular weight excluding hydrogens is 266 g/mol. The number of aromatic nitrogens is 2. The molecule has 2 rings (SSSR count). The quantitative estimate of drug-likeness (QED) is 0.868. The van der Waals surface area contributed by atoms with Crippen molar-refractivity contribution in [2.75, 3.05) is 33.7 Å². The van der Waals surface area contributed by atoms with Gasteiger partial charge < -0.3 is 15.5 Å². The maximum Gasteiger partial charge on any atom is 0.257 e. The highest BCUT2D eigenvalue weighted by molar-refractivity contribution is 5.95. The van der Waals surface area contributed by atoms with Gasteiger partial charge in [-0.05, 0) is 46.8 Å². The van der Waals surface area contributed by atoms with Crippen molar-refractivity contribution in [2.24, 2.45) is 5.73 Å². The average Bonchev–Trinajstić information content (AvgIpc) is 2.85. The summed E-state index contributed by atoms with van der Waals surface area (Å²) >= 11 is 0. The van der Waals surface area contributed by atoms with Crippen LogP contribution in [0.25, 0.3) is 0 Å². The number of likely N-dealkylation sites (tertiary alicyclic amines) is 1. The van der Waals surface area contributed by atoms with Gasteiger partial charge in [0.1, 0.15) is 0 Å². The van der Waals surface area contributed by atoms with Crippen LogP contribution in [0.1, 0.15) is 35.3 Å². The first kappa shape index (κ1) is 16.0. The normalized spacial score (nSPS) is 16.7. The molecule has 118 valence electrons. The average molecular weight is 293 g/mol. The molecular formula is C15H27N5O. The molecule has 6 nitrogen and oxygen atoms in total. The number of hydrogen-bond donors (Lipinski definition) is 1. The summed E-state index contributed by atoms with van der Waals surface area (Å²) in [5.41, 5.74) is 7.21. The smallest absolute Gasteiger partial charge is 0.257 e. The van der Waals surface area contributed by atoms with Gasteiger partial charge in [0, 0.05) is 31.4 Å². The van der Waals surface area contributed by atoms with E-state index in [1.807, 2.05) is 16.5 Å². The summed E-state index contributed by atoms with van der Waals surface area (Å²) in [6.45, 7) is 5.03. The molecule has 0 atom stereocenters. The number of hydrogen-bond acceptors (Lipinski definition) is 4. The lowest BCUT2D eigenvalue weighted by Gasteiger charge is -2.35. The molecule has 1 aliphatic heterocycles. The molecule has 1 saturated heterocycles. The molecule has 0 spiro atoms. The molecule has 6 heteroatoms. The van der Waals surface area contributed by atoms with Crippen molar-refractivity contribution >= 4 is 5.91 Å². The van der Waals surface area contributed by atoms with Crippen molar-refractivity contribution in [3.8, 4) is 0 Å². The van der Waals surface area contributed by atoms with Gasteiger partial charge >= 0.3 is 0 Å². The van der Waals surface area contributed by atoms with E-state index < -0.39 is 0 Å². The lowest BCUT2D eigenvalue weighted by molar-refractivity contribution is 0.0662. The third kappa shape index (κ3) is 3.63. The second kappa shape index (κ2) is 7.04. The van der Waals surface area contributed by atoms with Crippen molar-refractivity contribution in [3.63, 3.8) is 0 Å². The van der Waals surface area contributed by atoms with E-state index >= 15 is 0 Å². The Bertz CT molecular complexity index is 474. The van der Waals surface area contributed by atoms with Crippen molar-refractivity contribution in [3.05, 3.63) is 17.5 Å². The number of amides is 1. The van der Waals surface area contributed by atoms with Crippen LogP contribution in [0.3, 0.4) is 0 Å². The van der Waals surface area contributed by atoms with Crippen LogP contribution >= 0.6 is 0 Å². The second-order valence-corrected chi connectivity index (χ2v) is 6.00. The fourth-order valence-corrected chi connectivity index (χ4v) is 2.88. The Morgan fingerprint density at radius 1 is 1.43 bits per heavy atom. The summed E-state index contributed by atoms with van der Waals surface area (Å²) < 4.78 is 1.88. The maximum absolute atomic E-state index is 12.6. The van der Waals surface area contributed by atoms with E-state index in [1.54, 1.807) is 6.20 Å². The van der Waals surface area contributed by atoms with Gasteiger partial charge in [0.05, 0.1) is 11.8 Å². The molecule has 0 saturated carbocycles. The summed E-state index contributed by atoms with van der Waals surface area (Å²) in [6, 6.07) is 0.586. The first-order valence-corrected chi connectivity index (χ1v) is 7.72.